The summed E-state index contributed by atoms with van der Waals surface area (Å²) in [6, 6.07) is 0. The molecular formula is C51H86NO8P. The molecular weight excluding hydrogens is 786 g/mol. The Morgan fingerprint density at radius 1 is 0.525 bits per heavy atom. The van der Waals surface area contributed by atoms with Crippen LogP contribution in [0.15, 0.2) is 97.2 Å². The Bertz CT molecular complexity index is 1320. The number of carbonyl (C=O) groups is 2. The summed E-state index contributed by atoms with van der Waals surface area (Å²) in [6.45, 7) is 3.47. The van der Waals surface area contributed by atoms with E-state index in [9.17, 15) is 19.0 Å². The van der Waals surface area contributed by atoms with Gasteiger partial charge in [0.05, 0.1) is 19.6 Å². The van der Waals surface area contributed by atoms with Crippen LogP contribution in [0, 0.1) is 0 Å². The number of unbranched alkanes of at least 4 members (excludes halogenated alkanes) is 15. The largest absolute Gasteiger partial charge is 0.472 e. The maximum absolute atomic E-state index is 12.5. The molecule has 0 aliphatic rings. The van der Waals surface area contributed by atoms with Crippen LogP contribution in [0.5, 0.6) is 0 Å². The van der Waals surface area contributed by atoms with Crippen molar-refractivity contribution in [3.63, 3.8) is 0 Å². The predicted molar refractivity (Wildman–Crippen MR) is 256 cm³/mol. The lowest BCUT2D eigenvalue weighted by atomic mass is 10.1. The summed E-state index contributed by atoms with van der Waals surface area (Å²) in [5.74, 6) is -0.987. The van der Waals surface area contributed by atoms with Crippen LogP contribution in [-0.2, 0) is 32.7 Å². The van der Waals surface area contributed by atoms with Crippen molar-refractivity contribution in [2.75, 3.05) is 26.4 Å². The highest BCUT2D eigenvalue weighted by Gasteiger charge is 2.25. The van der Waals surface area contributed by atoms with Gasteiger partial charge in [0.25, 0.3) is 0 Å². The molecule has 3 N–H and O–H groups in total. The van der Waals surface area contributed by atoms with Crippen LogP contribution in [0.3, 0.4) is 0 Å². The molecule has 2 unspecified atom stereocenters. The van der Waals surface area contributed by atoms with Crippen molar-refractivity contribution in [1.29, 1.82) is 0 Å². The fourth-order valence-corrected chi connectivity index (χ4v) is 6.78. The average molecular weight is 872 g/mol. The summed E-state index contributed by atoms with van der Waals surface area (Å²) >= 11 is 0. The second-order valence-corrected chi connectivity index (χ2v) is 16.7. The summed E-state index contributed by atoms with van der Waals surface area (Å²) in [5.41, 5.74) is 5.35. The molecule has 10 heteroatoms. The van der Waals surface area contributed by atoms with Crippen molar-refractivity contribution in [2.24, 2.45) is 5.73 Å². The third-order valence-corrected chi connectivity index (χ3v) is 10.5. The smallest absolute Gasteiger partial charge is 0.462 e. The normalized spacial score (nSPS) is 14.1. The lowest BCUT2D eigenvalue weighted by Crippen LogP contribution is -2.29. The second kappa shape index (κ2) is 46.4. The fraction of sp³-hybridized carbons (Fsp3) is 0.647. The summed E-state index contributed by atoms with van der Waals surface area (Å²) in [4.78, 5) is 34.9. The number of esters is 2. The number of hydrogen-bond donors (Lipinski definition) is 2. The number of hydrogen-bond acceptors (Lipinski definition) is 8. The zero-order valence-corrected chi connectivity index (χ0v) is 39.3. The van der Waals surface area contributed by atoms with Gasteiger partial charge in [-0.1, -0.05) is 188 Å². The third-order valence-electron chi connectivity index (χ3n) is 9.49. The Labute approximate surface area is 372 Å². The molecule has 0 fully saturated rings. The Hall–Kier alpha value is -3.07. The minimum atomic E-state index is -4.41. The van der Waals surface area contributed by atoms with Crippen molar-refractivity contribution in [3.05, 3.63) is 97.2 Å². The number of rotatable bonds is 43. The topological polar surface area (TPSA) is 134 Å². The summed E-state index contributed by atoms with van der Waals surface area (Å²) in [7, 11) is -4.41. The van der Waals surface area contributed by atoms with Gasteiger partial charge in [-0.3, -0.25) is 18.6 Å². The highest BCUT2D eigenvalue weighted by Crippen LogP contribution is 2.43. The Kier molecular flexibility index (Phi) is 44.1. The van der Waals surface area contributed by atoms with Gasteiger partial charge < -0.3 is 20.1 Å². The second-order valence-electron chi connectivity index (χ2n) is 15.3. The van der Waals surface area contributed by atoms with Crippen molar-refractivity contribution in [3.8, 4) is 0 Å². The number of carbonyl (C=O) groups excluding carboxylic acids is 2. The van der Waals surface area contributed by atoms with E-state index in [0.717, 1.165) is 64.2 Å². The van der Waals surface area contributed by atoms with Gasteiger partial charge in [0, 0.05) is 13.0 Å². The molecule has 61 heavy (non-hydrogen) atoms. The van der Waals surface area contributed by atoms with E-state index in [1.165, 1.54) is 77.0 Å². The van der Waals surface area contributed by atoms with E-state index in [2.05, 4.69) is 92.8 Å². The highest BCUT2D eigenvalue weighted by atomic mass is 31.2. The van der Waals surface area contributed by atoms with Crippen LogP contribution in [0.4, 0.5) is 0 Å². The molecule has 0 amide bonds. The van der Waals surface area contributed by atoms with Gasteiger partial charge in [0.15, 0.2) is 6.10 Å². The van der Waals surface area contributed by atoms with Crippen LogP contribution in [-0.4, -0.2) is 49.3 Å². The summed E-state index contributed by atoms with van der Waals surface area (Å²) in [6.07, 6.45) is 60.5. The van der Waals surface area contributed by atoms with Crippen LogP contribution in [0.1, 0.15) is 181 Å². The van der Waals surface area contributed by atoms with Crippen molar-refractivity contribution in [1.82, 2.24) is 0 Å². The Balaban J connectivity index is 4.16. The molecule has 0 aliphatic carbocycles. The standard InChI is InChI=1S/C51H86NO8P/c1-3-5-7-9-11-13-15-17-19-20-21-22-23-24-25-26-27-28-30-31-33-35-37-39-41-43-50(53)57-47-49(48-59-61(55,56)58-46-45-52)60-51(54)44-42-40-38-36-34-32-29-18-16-14-12-10-8-6-4-2/h6,8,12,14-15,17-18,20-21,23-24,29,34,36,40,42,49H,3-5,7,9-11,13,16,19,22,25-28,30-33,35,37-39,41,43-48,52H2,1-2H3,(H,55,56)/b8-6-,14-12-,17-15-,21-20-,24-23-,29-18-,36-34-,42-40-. The van der Waals surface area contributed by atoms with E-state index in [-0.39, 0.29) is 32.6 Å². The zero-order chi connectivity index (χ0) is 44.6. The summed E-state index contributed by atoms with van der Waals surface area (Å²) in [5, 5.41) is 0. The number of phosphoric acid groups is 1. The molecule has 0 aromatic heterocycles. The van der Waals surface area contributed by atoms with Crippen LogP contribution >= 0.6 is 7.82 Å². The lowest BCUT2D eigenvalue weighted by Gasteiger charge is -2.19. The quantitative estimate of drug-likeness (QED) is 0.0266. The first-order valence-electron chi connectivity index (χ1n) is 23.7. The molecule has 0 bridgehead atoms. The van der Waals surface area contributed by atoms with Gasteiger partial charge in [-0.25, -0.2) is 4.57 Å². The minimum Gasteiger partial charge on any atom is -0.462 e. The first-order chi connectivity index (χ1) is 29.8. The zero-order valence-electron chi connectivity index (χ0n) is 38.4. The molecule has 0 saturated carbocycles. The molecule has 0 radical (unpaired) electrons. The molecule has 0 rings (SSSR count). The van der Waals surface area contributed by atoms with E-state index < -0.39 is 32.5 Å². The van der Waals surface area contributed by atoms with Gasteiger partial charge in [0.1, 0.15) is 6.61 Å². The van der Waals surface area contributed by atoms with Crippen molar-refractivity contribution >= 4 is 19.8 Å². The van der Waals surface area contributed by atoms with Crippen molar-refractivity contribution in [2.45, 2.75) is 187 Å². The molecule has 9 nitrogen and oxygen atoms in total. The van der Waals surface area contributed by atoms with Gasteiger partial charge in [-0.05, 0) is 77.0 Å². The molecule has 0 aromatic rings. The molecule has 2 atom stereocenters. The monoisotopic (exact) mass is 872 g/mol. The number of phosphoric ester groups is 1. The Morgan fingerprint density at radius 3 is 1.43 bits per heavy atom. The molecule has 348 valence electrons. The fourth-order valence-electron chi connectivity index (χ4n) is 6.01. The van der Waals surface area contributed by atoms with E-state index in [1.807, 2.05) is 12.2 Å². The first kappa shape index (κ1) is 57.9. The maximum atomic E-state index is 12.5. The molecule has 0 spiro atoms. The van der Waals surface area contributed by atoms with E-state index >= 15 is 0 Å². The van der Waals surface area contributed by atoms with Gasteiger partial charge in [0.2, 0.25) is 0 Å². The SMILES string of the molecule is CC/C=C\C/C=C\C/C=C\C/C=C\C/C=C\CC(=O)OC(COC(=O)CCCCCCCCCCCC/C=C\C/C=C\C/C=C\CCCCCCC)COP(=O)(O)OCCN. The highest BCUT2D eigenvalue weighted by molar-refractivity contribution is 7.47. The molecule has 0 aromatic carbocycles. The lowest BCUT2D eigenvalue weighted by molar-refractivity contribution is -0.160. The van der Waals surface area contributed by atoms with Gasteiger partial charge in [-0.15, -0.1) is 0 Å². The average Bonchev–Trinajstić information content (AvgIpc) is 3.25. The first-order valence-corrected chi connectivity index (χ1v) is 25.2. The van der Waals surface area contributed by atoms with Crippen LogP contribution < -0.4 is 5.73 Å². The maximum Gasteiger partial charge on any atom is 0.472 e. The van der Waals surface area contributed by atoms with E-state index in [1.54, 1.807) is 6.08 Å². The van der Waals surface area contributed by atoms with Crippen LogP contribution in [0.25, 0.3) is 0 Å². The van der Waals surface area contributed by atoms with Gasteiger partial charge in [-0.2, -0.15) is 0 Å². The molecule has 0 saturated heterocycles. The Morgan fingerprint density at radius 2 is 0.951 bits per heavy atom. The van der Waals surface area contributed by atoms with E-state index in [4.69, 9.17) is 24.3 Å². The van der Waals surface area contributed by atoms with E-state index in [0.29, 0.717) is 12.8 Å². The molecule has 0 heterocycles. The number of allylic oxidation sites excluding steroid dienone is 15. The van der Waals surface area contributed by atoms with Gasteiger partial charge >= 0.3 is 19.8 Å². The van der Waals surface area contributed by atoms with Crippen molar-refractivity contribution < 1.29 is 37.6 Å². The molecule has 0 aliphatic heterocycles. The third kappa shape index (κ3) is 46.3. The number of ether oxygens (including phenoxy) is 2. The number of nitrogens with two attached hydrogens (primary N) is 1. The van der Waals surface area contributed by atoms with Crippen LogP contribution in [0.2, 0.25) is 0 Å². The predicted octanol–water partition coefficient (Wildman–Crippen LogP) is 14.2. The summed E-state index contributed by atoms with van der Waals surface area (Å²) < 4.78 is 32.7. The minimum absolute atomic E-state index is 0.00761.